The van der Waals surface area contributed by atoms with Crippen LogP contribution in [-0.4, -0.2) is 21.5 Å². The van der Waals surface area contributed by atoms with Crippen LogP contribution in [-0.2, 0) is 13.6 Å². The summed E-state index contributed by atoms with van der Waals surface area (Å²) in [5, 5.41) is 11.3. The minimum absolute atomic E-state index is 0.884. The normalized spacial score (nSPS) is 10.7. The summed E-state index contributed by atoms with van der Waals surface area (Å²) < 4.78 is 1.80. The van der Waals surface area contributed by atoms with Crippen LogP contribution in [0.25, 0.3) is 11.3 Å². The summed E-state index contributed by atoms with van der Waals surface area (Å²) in [6.45, 7) is 4.09. The number of benzene rings is 1. The quantitative estimate of drug-likeness (QED) is 0.799. The SMILES string of the molecule is CCCNCc1ccccc1-c1cnnn1C. The lowest BCUT2D eigenvalue weighted by Gasteiger charge is -2.09. The lowest BCUT2D eigenvalue weighted by molar-refractivity contribution is 0.674. The molecule has 2 aromatic rings. The predicted molar refractivity (Wildman–Crippen MR) is 68.4 cm³/mol. The van der Waals surface area contributed by atoms with Crippen LogP contribution in [0.5, 0.6) is 0 Å². The first-order valence-electron chi connectivity index (χ1n) is 5.96. The molecule has 1 heterocycles. The Morgan fingerprint density at radius 3 is 2.82 bits per heavy atom. The molecular formula is C13H18N4. The molecule has 0 amide bonds. The number of aryl methyl sites for hydroxylation is 1. The number of hydrogen-bond donors (Lipinski definition) is 1. The van der Waals surface area contributed by atoms with Crippen molar-refractivity contribution in [1.29, 1.82) is 0 Å². The molecule has 2 rings (SSSR count). The molecule has 0 aliphatic carbocycles. The molecule has 0 bridgehead atoms. The van der Waals surface area contributed by atoms with Crippen LogP contribution < -0.4 is 5.32 Å². The summed E-state index contributed by atoms with van der Waals surface area (Å²) in [5.41, 5.74) is 3.54. The molecule has 0 saturated heterocycles. The Labute approximate surface area is 102 Å². The Morgan fingerprint density at radius 1 is 1.29 bits per heavy atom. The third kappa shape index (κ3) is 2.71. The average Bonchev–Trinajstić information content (AvgIpc) is 2.76. The summed E-state index contributed by atoms with van der Waals surface area (Å²) in [6, 6.07) is 8.37. The zero-order valence-electron chi connectivity index (χ0n) is 10.3. The van der Waals surface area contributed by atoms with E-state index in [0.29, 0.717) is 0 Å². The minimum atomic E-state index is 0.884. The standard InChI is InChI=1S/C13H18N4/c1-3-8-14-9-11-6-4-5-7-12(11)13-10-15-16-17(13)2/h4-7,10,14H,3,8-9H2,1-2H3. The summed E-state index contributed by atoms with van der Waals surface area (Å²) in [5.74, 6) is 0. The summed E-state index contributed by atoms with van der Waals surface area (Å²) in [4.78, 5) is 0. The van der Waals surface area contributed by atoms with Crippen molar-refractivity contribution in [2.75, 3.05) is 6.54 Å². The molecule has 0 unspecified atom stereocenters. The van der Waals surface area contributed by atoms with Crippen LogP contribution in [0.1, 0.15) is 18.9 Å². The van der Waals surface area contributed by atoms with Crippen molar-refractivity contribution in [3.8, 4) is 11.3 Å². The van der Waals surface area contributed by atoms with Gasteiger partial charge in [-0.15, -0.1) is 5.10 Å². The molecule has 0 spiro atoms. The maximum absolute atomic E-state index is 3.98. The van der Waals surface area contributed by atoms with E-state index in [-0.39, 0.29) is 0 Å². The number of nitrogens with one attached hydrogen (secondary N) is 1. The highest BCUT2D eigenvalue weighted by molar-refractivity contribution is 5.62. The van der Waals surface area contributed by atoms with Crippen molar-refractivity contribution in [3.63, 3.8) is 0 Å². The van der Waals surface area contributed by atoms with Gasteiger partial charge in [-0.1, -0.05) is 36.4 Å². The van der Waals surface area contributed by atoms with Crippen LogP contribution >= 0.6 is 0 Å². The van der Waals surface area contributed by atoms with E-state index in [1.54, 1.807) is 10.9 Å². The van der Waals surface area contributed by atoms with E-state index < -0.39 is 0 Å². The summed E-state index contributed by atoms with van der Waals surface area (Å²) in [7, 11) is 1.92. The Morgan fingerprint density at radius 2 is 2.12 bits per heavy atom. The zero-order valence-corrected chi connectivity index (χ0v) is 10.3. The van der Waals surface area contributed by atoms with E-state index in [2.05, 4.69) is 40.8 Å². The Bertz CT molecular complexity index is 476. The lowest BCUT2D eigenvalue weighted by atomic mass is 10.0. The molecule has 17 heavy (non-hydrogen) atoms. The first-order valence-corrected chi connectivity index (χ1v) is 5.96. The minimum Gasteiger partial charge on any atom is -0.313 e. The highest BCUT2D eigenvalue weighted by Crippen LogP contribution is 2.21. The monoisotopic (exact) mass is 230 g/mol. The van der Waals surface area contributed by atoms with E-state index in [1.165, 1.54) is 11.1 Å². The number of aromatic nitrogens is 3. The zero-order chi connectivity index (χ0) is 12.1. The fraction of sp³-hybridized carbons (Fsp3) is 0.385. The van der Waals surface area contributed by atoms with Crippen LogP contribution in [0.2, 0.25) is 0 Å². The molecular weight excluding hydrogens is 212 g/mol. The van der Waals surface area contributed by atoms with Gasteiger partial charge >= 0.3 is 0 Å². The van der Waals surface area contributed by atoms with Gasteiger partial charge in [-0.25, -0.2) is 4.68 Å². The van der Waals surface area contributed by atoms with Gasteiger partial charge in [0.1, 0.15) is 0 Å². The van der Waals surface area contributed by atoms with Crippen molar-refractivity contribution < 1.29 is 0 Å². The summed E-state index contributed by atoms with van der Waals surface area (Å²) >= 11 is 0. The van der Waals surface area contributed by atoms with Crippen molar-refractivity contribution in [2.45, 2.75) is 19.9 Å². The van der Waals surface area contributed by atoms with Crippen LogP contribution in [0, 0.1) is 0 Å². The Kier molecular flexibility index (Phi) is 3.88. The maximum Gasteiger partial charge on any atom is 0.0885 e. The lowest BCUT2D eigenvalue weighted by Crippen LogP contribution is -2.14. The first-order chi connectivity index (χ1) is 8.33. The second kappa shape index (κ2) is 5.59. The second-order valence-electron chi connectivity index (χ2n) is 4.08. The van der Waals surface area contributed by atoms with E-state index in [1.807, 2.05) is 13.1 Å². The van der Waals surface area contributed by atoms with Crippen molar-refractivity contribution in [1.82, 2.24) is 20.3 Å². The fourth-order valence-electron chi connectivity index (χ4n) is 1.86. The molecule has 0 radical (unpaired) electrons. The molecule has 1 aromatic heterocycles. The summed E-state index contributed by atoms with van der Waals surface area (Å²) in [6.07, 6.45) is 2.95. The van der Waals surface area contributed by atoms with Gasteiger partial charge in [-0.2, -0.15) is 0 Å². The number of rotatable bonds is 5. The maximum atomic E-state index is 3.98. The topological polar surface area (TPSA) is 42.7 Å². The second-order valence-corrected chi connectivity index (χ2v) is 4.08. The van der Waals surface area contributed by atoms with Crippen molar-refractivity contribution >= 4 is 0 Å². The van der Waals surface area contributed by atoms with Crippen LogP contribution in [0.3, 0.4) is 0 Å². The number of nitrogens with zero attached hydrogens (tertiary/aromatic N) is 3. The van der Waals surface area contributed by atoms with Crippen molar-refractivity contribution in [2.24, 2.45) is 7.05 Å². The largest absolute Gasteiger partial charge is 0.313 e. The first kappa shape index (κ1) is 11.8. The smallest absolute Gasteiger partial charge is 0.0885 e. The van der Waals surface area contributed by atoms with Gasteiger partial charge in [0.15, 0.2) is 0 Å². The van der Waals surface area contributed by atoms with E-state index in [0.717, 1.165) is 25.2 Å². The third-order valence-electron chi connectivity index (χ3n) is 2.75. The van der Waals surface area contributed by atoms with E-state index in [9.17, 15) is 0 Å². The van der Waals surface area contributed by atoms with E-state index >= 15 is 0 Å². The van der Waals surface area contributed by atoms with Gasteiger partial charge in [0.2, 0.25) is 0 Å². The predicted octanol–water partition coefficient (Wildman–Crippen LogP) is 1.98. The molecule has 0 atom stereocenters. The molecule has 0 aliphatic heterocycles. The molecule has 1 N–H and O–H groups in total. The van der Waals surface area contributed by atoms with Gasteiger partial charge < -0.3 is 5.32 Å². The highest BCUT2D eigenvalue weighted by Gasteiger charge is 2.07. The Hall–Kier alpha value is -1.68. The van der Waals surface area contributed by atoms with Crippen LogP contribution in [0.4, 0.5) is 0 Å². The van der Waals surface area contributed by atoms with Gasteiger partial charge in [0.05, 0.1) is 11.9 Å². The highest BCUT2D eigenvalue weighted by atomic mass is 15.4. The average molecular weight is 230 g/mol. The molecule has 90 valence electrons. The molecule has 4 nitrogen and oxygen atoms in total. The fourth-order valence-corrected chi connectivity index (χ4v) is 1.86. The van der Waals surface area contributed by atoms with Gasteiger partial charge in [0.25, 0.3) is 0 Å². The van der Waals surface area contributed by atoms with Crippen molar-refractivity contribution in [3.05, 3.63) is 36.0 Å². The molecule has 1 aromatic carbocycles. The van der Waals surface area contributed by atoms with E-state index in [4.69, 9.17) is 0 Å². The Balaban J connectivity index is 2.25. The van der Waals surface area contributed by atoms with Gasteiger partial charge in [0, 0.05) is 19.2 Å². The van der Waals surface area contributed by atoms with Gasteiger partial charge in [-0.05, 0) is 18.5 Å². The molecule has 0 fully saturated rings. The molecule has 4 heteroatoms. The van der Waals surface area contributed by atoms with Crippen LogP contribution in [0.15, 0.2) is 30.5 Å². The van der Waals surface area contributed by atoms with Gasteiger partial charge in [-0.3, -0.25) is 0 Å². The third-order valence-corrected chi connectivity index (χ3v) is 2.75. The molecule has 0 aliphatic rings. The molecule has 0 saturated carbocycles. The number of hydrogen-bond acceptors (Lipinski definition) is 3.